The Hall–Kier alpha value is 0.360. The molecule has 0 amide bonds. The summed E-state index contributed by atoms with van der Waals surface area (Å²) in [6.45, 7) is 6.07. The molecule has 0 saturated carbocycles. The second-order valence-corrected chi connectivity index (χ2v) is 6.51. The van der Waals surface area contributed by atoms with E-state index in [-0.39, 0.29) is 12.4 Å². The highest BCUT2D eigenvalue weighted by Crippen LogP contribution is 2.29. The number of hydrogen-bond acceptors (Lipinski definition) is 2. The van der Waals surface area contributed by atoms with E-state index in [1.807, 2.05) is 18.2 Å². The number of piperazine rings is 1. The van der Waals surface area contributed by atoms with Crippen molar-refractivity contribution < 1.29 is 17.3 Å². The van der Waals surface area contributed by atoms with Crippen molar-refractivity contribution in [3.63, 3.8) is 0 Å². The third-order valence-corrected chi connectivity index (χ3v) is 4.95. The van der Waals surface area contributed by atoms with Crippen LogP contribution in [0.15, 0.2) is 23.1 Å². The molecule has 1 aromatic rings. The normalized spacial score (nSPS) is 16.1. The van der Waals surface area contributed by atoms with Crippen molar-refractivity contribution >= 4 is 35.0 Å². The molecule has 108 valence electrons. The van der Waals surface area contributed by atoms with Crippen LogP contribution < -0.4 is 22.6 Å². The van der Waals surface area contributed by atoms with Crippen molar-refractivity contribution in [2.45, 2.75) is 11.3 Å². The van der Waals surface area contributed by atoms with E-state index in [4.69, 9.17) is 23.2 Å². The van der Waals surface area contributed by atoms with Crippen LogP contribution in [0.2, 0.25) is 10.0 Å². The van der Waals surface area contributed by atoms with E-state index in [1.54, 1.807) is 16.7 Å². The number of nitrogens with one attached hydrogen (secondary N) is 2. The Morgan fingerprint density at radius 1 is 1.21 bits per heavy atom. The summed E-state index contributed by atoms with van der Waals surface area (Å²) >= 11 is 13.9. The summed E-state index contributed by atoms with van der Waals surface area (Å²) in [6.07, 6.45) is 1.23. The summed E-state index contributed by atoms with van der Waals surface area (Å²) < 4.78 is 0. The van der Waals surface area contributed by atoms with Crippen LogP contribution in [-0.4, -0.2) is 38.5 Å². The molecular weight excluding hydrogens is 323 g/mol. The maximum Gasteiger partial charge on any atom is 0.0898 e. The number of benzene rings is 1. The number of rotatable bonds is 5. The summed E-state index contributed by atoms with van der Waals surface area (Å²) in [5, 5.41) is 4.95. The molecule has 1 saturated heterocycles. The van der Waals surface area contributed by atoms with Crippen molar-refractivity contribution in [3.8, 4) is 0 Å². The SMILES string of the molecule is Clc1ccc(Cl)c(SCCC[NH+]2CCNCC2)c1.[Cl-]. The second-order valence-electron chi connectivity index (χ2n) is 4.53. The van der Waals surface area contributed by atoms with Gasteiger partial charge in [0, 0.05) is 35.2 Å². The molecule has 0 atom stereocenters. The zero-order chi connectivity index (χ0) is 12.8. The Labute approximate surface area is 135 Å². The molecule has 1 aromatic carbocycles. The average Bonchev–Trinajstić information content (AvgIpc) is 2.40. The number of thioether (sulfide) groups is 1. The van der Waals surface area contributed by atoms with E-state index < -0.39 is 0 Å². The highest BCUT2D eigenvalue weighted by atomic mass is 35.5. The minimum absolute atomic E-state index is 0. The number of hydrogen-bond donors (Lipinski definition) is 2. The zero-order valence-corrected chi connectivity index (χ0v) is 13.8. The highest BCUT2D eigenvalue weighted by Gasteiger charge is 2.12. The topological polar surface area (TPSA) is 16.5 Å². The van der Waals surface area contributed by atoms with Crippen LogP contribution in [0.5, 0.6) is 0 Å². The molecule has 1 aliphatic heterocycles. The lowest BCUT2D eigenvalue weighted by Crippen LogP contribution is -3.14. The molecule has 1 heterocycles. The van der Waals surface area contributed by atoms with Crippen LogP contribution in [0.25, 0.3) is 0 Å². The van der Waals surface area contributed by atoms with Gasteiger partial charge in [0.15, 0.2) is 0 Å². The van der Waals surface area contributed by atoms with Crippen LogP contribution >= 0.6 is 35.0 Å². The minimum Gasteiger partial charge on any atom is -1.00 e. The van der Waals surface area contributed by atoms with Gasteiger partial charge in [-0.1, -0.05) is 23.2 Å². The van der Waals surface area contributed by atoms with Crippen LogP contribution in [0, 0.1) is 0 Å². The molecule has 2 rings (SSSR count). The van der Waals surface area contributed by atoms with Gasteiger partial charge in [0.25, 0.3) is 0 Å². The molecule has 6 heteroatoms. The molecule has 1 fully saturated rings. The lowest BCUT2D eigenvalue weighted by Gasteiger charge is -2.24. The van der Waals surface area contributed by atoms with E-state index in [0.717, 1.165) is 33.8 Å². The fraction of sp³-hybridized carbons (Fsp3) is 0.538. The van der Waals surface area contributed by atoms with E-state index in [9.17, 15) is 0 Å². The maximum atomic E-state index is 6.13. The predicted octanol–water partition coefficient (Wildman–Crippen LogP) is -1.03. The van der Waals surface area contributed by atoms with Crippen molar-refractivity contribution in [2.24, 2.45) is 0 Å². The van der Waals surface area contributed by atoms with Crippen molar-refractivity contribution in [3.05, 3.63) is 28.2 Å². The predicted molar refractivity (Wildman–Crippen MR) is 80.2 cm³/mol. The molecule has 1 aliphatic rings. The molecule has 0 spiro atoms. The van der Waals surface area contributed by atoms with Crippen LogP contribution in [0.1, 0.15) is 6.42 Å². The van der Waals surface area contributed by atoms with Crippen LogP contribution in [0.3, 0.4) is 0 Å². The summed E-state index contributed by atoms with van der Waals surface area (Å²) in [5.74, 6) is 1.11. The van der Waals surface area contributed by atoms with Gasteiger partial charge in [0.05, 0.1) is 24.7 Å². The summed E-state index contributed by atoms with van der Waals surface area (Å²) in [7, 11) is 0. The van der Waals surface area contributed by atoms with Crippen LogP contribution in [0.4, 0.5) is 0 Å². The first-order valence-electron chi connectivity index (χ1n) is 6.38. The molecule has 2 nitrogen and oxygen atoms in total. The number of halogens is 3. The quantitative estimate of drug-likeness (QED) is 0.526. The van der Waals surface area contributed by atoms with Gasteiger partial charge in [-0.3, -0.25) is 0 Å². The Balaban J connectivity index is 0.00000180. The Kier molecular flexibility index (Phi) is 8.54. The molecule has 2 N–H and O–H groups in total. The fourth-order valence-electron chi connectivity index (χ4n) is 2.12. The van der Waals surface area contributed by atoms with Gasteiger partial charge in [-0.05, 0) is 18.2 Å². The molecule has 0 aliphatic carbocycles. The van der Waals surface area contributed by atoms with Gasteiger partial charge in [-0.25, -0.2) is 0 Å². The standard InChI is InChI=1S/C13H18Cl2N2S.ClH/c14-11-2-3-12(15)13(10-11)18-9-1-6-17-7-4-16-5-8-17;/h2-3,10,16H,1,4-9H2;1H. The lowest BCUT2D eigenvalue weighted by molar-refractivity contribution is -0.901. The first-order chi connectivity index (χ1) is 8.75. The average molecular weight is 342 g/mol. The van der Waals surface area contributed by atoms with Crippen molar-refractivity contribution in [1.82, 2.24) is 5.32 Å². The smallest absolute Gasteiger partial charge is 0.0898 e. The molecular formula is C13H19Cl3N2S. The molecule has 19 heavy (non-hydrogen) atoms. The van der Waals surface area contributed by atoms with Gasteiger partial charge in [-0.15, -0.1) is 11.8 Å². The van der Waals surface area contributed by atoms with E-state index in [1.165, 1.54) is 26.1 Å². The van der Waals surface area contributed by atoms with Gasteiger partial charge in [0.1, 0.15) is 0 Å². The monoisotopic (exact) mass is 340 g/mol. The Morgan fingerprint density at radius 2 is 1.95 bits per heavy atom. The van der Waals surface area contributed by atoms with Gasteiger partial charge < -0.3 is 22.6 Å². The van der Waals surface area contributed by atoms with E-state index in [2.05, 4.69) is 5.32 Å². The Morgan fingerprint density at radius 3 is 2.68 bits per heavy atom. The van der Waals surface area contributed by atoms with Gasteiger partial charge in [-0.2, -0.15) is 0 Å². The second kappa shape index (κ2) is 9.32. The fourth-order valence-corrected chi connectivity index (χ4v) is 3.57. The molecule has 0 radical (unpaired) electrons. The molecule has 0 bridgehead atoms. The van der Waals surface area contributed by atoms with Crippen molar-refractivity contribution in [1.29, 1.82) is 0 Å². The van der Waals surface area contributed by atoms with E-state index in [0.29, 0.717) is 0 Å². The third kappa shape index (κ3) is 6.11. The minimum atomic E-state index is 0. The van der Waals surface area contributed by atoms with E-state index >= 15 is 0 Å². The van der Waals surface area contributed by atoms with Gasteiger partial charge in [0.2, 0.25) is 0 Å². The van der Waals surface area contributed by atoms with Crippen LogP contribution in [-0.2, 0) is 0 Å². The highest BCUT2D eigenvalue weighted by molar-refractivity contribution is 7.99. The number of quaternary nitrogens is 1. The molecule has 0 aromatic heterocycles. The van der Waals surface area contributed by atoms with Crippen molar-refractivity contribution in [2.75, 3.05) is 38.5 Å². The third-order valence-electron chi connectivity index (χ3n) is 3.14. The largest absolute Gasteiger partial charge is 1.00 e. The van der Waals surface area contributed by atoms with Gasteiger partial charge >= 0.3 is 0 Å². The maximum absolute atomic E-state index is 6.13. The summed E-state index contributed by atoms with van der Waals surface area (Å²) in [4.78, 5) is 2.81. The summed E-state index contributed by atoms with van der Waals surface area (Å²) in [6, 6.07) is 5.65. The lowest BCUT2D eigenvalue weighted by atomic mass is 10.3. The molecule has 0 unspecified atom stereocenters. The summed E-state index contributed by atoms with van der Waals surface area (Å²) in [5.41, 5.74) is 0. The Bertz CT molecular complexity index is 384. The first-order valence-corrected chi connectivity index (χ1v) is 8.12. The first kappa shape index (κ1) is 17.4. The zero-order valence-electron chi connectivity index (χ0n) is 10.7.